The number of fused-ring (bicyclic) bond motifs is 1. The third-order valence-corrected chi connectivity index (χ3v) is 6.04. The van der Waals surface area contributed by atoms with Gasteiger partial charge in [0, 0.05) is 18.0 Å². The summed E-state index contributed by atoms with van der Waals surface area (Å²) in [4.78, 5) is 0. The summed E-state index contributed by atoms with van der Waals surface area (Å²) in [5.74, 6) is 0. The number of sulfonamides is 1. The van der Waals surface area contributed by atoms with Crippen molar-refractivity contribution in [3.8, 4) is 0 Å². The van der Waals surface area contributed by atoms with Gasteiger partial charge in [0.05, 0.1) is 6.04 Å². The molecule has 0 bridgehead atoms. The van der Waals surface area contributed by atoms with E-state index in [0.717, 1.165) is 36.3 Å². The van der Waals surface area contributed by atoms with Gasteiger partial charge in [-0.1, -0.05) is 25.2 Å². The molecule has 1 aromatic heterocycles. The van der Waals surface area contributed by atoms with Gasteiger partial charge in [-0.3, -0.25) is 0 Å². The van der Waals surface area contributed by atoms with Gasteiger partial charge in [-0.15, -0.1) is 12.4 Å². The fourth-order valence-electron chi connectivity index (χ4n) is 2.47. The van der Waals surface area contributed by atoms with Crippen LogP contribution in [-0.4, -0.2) is 21.0 Å². The smallest absolute Gasteiger partial charge is 0.247 e. The molecule has 0 saturated carbocycles. The molecule has 0 aliphatic carbocycles. The zero-order valence-electron chi connectivity index (χ0n) is 11.4. The Morgan fingerprint density at radius 3 is 2.70 bits per heavy atom. The lowest BCUT2D eigenvalue weighted by atomic mass is 9.95. The minimum Gasteiger partial charge on any atom is -0.628 e. The number of nitrogens with two attached hydrogens (primary N) is 1. The SMILES string of the molecule is CCNC1CC(CC)[NH+]([O-])c2sc(S(N)(=O)=O)cc21.Cl. The Kier molecular flexibility index (Phi) is 5.97. The first-order chi connectivity index (χ1) is 8.88. The van der Waals surface area contributed by atoms with Gasteiger partial charge in [0.1, 0.15) is 4.21 Å². The lowest BCUT2D eigenvalue weighted by Gasteiger charge is -2.37. The monoisotopic (exact) mass is 341 g/mol. The average molecular weight is 342 g/mol. The standard InChI is InChI=1S/C11H19N3O3S2.ClH/c1-3-7-5-9(13-4-2)8-6-10(19(12,16)17)18-11(8)14(7)15;/h6-7,9,13-14H,3-5H2,1-2H3,(H2,12,16,17);1H. The highest BCUT2D eigenvalue weighted by atomic mass is 35.5. The third-order valence-electron chi connectivity index (χ3n) is 3.45. The number of hydroxylamine groups is 1. The van der Waals surface area contributed by atoms with Gasteiger partial charge in [0.25, 0.3) is 0 Å². The van der Waals surface area contributed by atoms with Crippen LogP contribution in [0.15, 0.2) is 10.3 Å². The zero-order valence-corrected chi connectivity index (χ0v) is 13.8. The van der Waals surface area contributed by atoms with Gasteiger partial charge >= 0.3 is 0 Å². The van der Waals surface area contributed by atoms with E-state index in [0.29, 0.717) is 5.00 Å². The molecular weight excluding hydrogens is 322 g/mol. The maximum absolute atomic E-state index is 12.3. The molecule has 1 aliphatic rings. The predicted molar refractivity (Wildman–Crippen MR) is 82.0 cm³/mol. The van der Waals surface area contributed by atoms with Gasteiger partial charge < -0.3 is 15.6 Å². The van der Waals surface area contributed by atoms with E-state index in [-0.39, 0.29) is 33.8 Å². The molecule has 116 valence electrons. The highest BCUT2D eigenvalue weighted by molar-refractivity contribution is 7.91. The van der Waals surface area contributed by atoms with Gasteiger partial charge in [-0.2, -0.15) is 0 Å². The van der Waals surface area contributed by atoms with Gasteiger partial charge in [0.15, 0.2) is 5.00 Å². The highest BCUT2D eigenvalue weighted by Crippen LogP contribution is 2.37. The molecule has 0 spiro atoms. The molecule has 4 N–H and O–H groups in total. The zero-order chi connectivity index (χ0) is 14.2. The van der Waals surface area contributed by atoms with Crippen LogP contribution in [-0.2, 0) is 10.0 Å². The van der Waals surface area contributed by atoms with Crippen molar-refractivity contribution < 1.29 is 13.5 Å². The molecule has 2 heterocycles. The number of primary sulfonamides is 1. The van der Waals surface area contributed by atoms with Crippen molar-refractivity contribution >= 4 is 38.8 Å². The quantitative estimate of drug-likeness (QED) is 0.700. The Hall–Kier alpha value is -0.220. The molecule has 3 unspecified atom stereocenters. The minimum absolute atomic E-state index is 0. The van der Waals surface area contributed by atoms with E-state index in [1.807, 2.05) is 13.8 Å². The van der Waals surface area contributed by atoms with E-state index < -0.39 is 10.0 Å². The van der Waals surface area contributed by atoms with Crippen LogP contribution in [0.25, 0.3) is 0 Å². The van der Waals surface area contributed by atoms with E-state index in [9.17, 15) is 13.6 Å². The summed E-state index contributed by atoms with van der Waals surface area (Å²) in [6.07, 6.45) is 1.49. The van der Waals surface area contributed by atoms with Crippen LogP contribution < -0.4 is 15.5 Å². The number of rotatable bonds is 4. The van der Waals surface area contributed by atoms with Crippen molar-refractivity contribution in [1.82, 2.24) is 5.32 Å². The molecule has 3 atom stereocenters. The Bertz CT molecular complexity index is 548. The van der Waals surface area contributed by atoms with Crippen LogP contribution in [0, 0.1) is 5.21 Å². The Morgan fingerprint density at radius 2 is 2.20 bits per heavy atom. The molecule has 0 amide bonds. The molecular formula is C11H20ClN3O3S2. The second kappa shape index (κ2) is 6.69. The molecule has 0 fully saturated rings. The molecule has 2 rings (SSSR count). The van der Waals surface area contributed by atoms with Crippen molar-refractivity contribution in [2.75, 3.05) is 6.54 Å². The van der Waals surface area contributed by atoms with Crippen LogP contribution in [0.1, 0.15) is 38.3 Å². The van der Waals surface area contributed by atoms with E-state index in [1.54, 1.807) is 6.07 Å². The molecule has 6 nitrogen and oxygen atoms in total. The molecule has 0 saturated heterocycles. The molecule has 9 heteroatoms. The largest absolute Gasteiger partial charge is 0.628 e. The van der Waals surface area contributed by atoms with E-state index in [1.165, 1.54) is 0 Å². The van der Waals surface area contributed by atoms with Crippen LogP contribution in [0.3, 0.4) is 0 Å². The summed E-state index contributed by atoms with van der Waals surface area (Å²) in [7, 11) is -3.74. The van der Waals surface area contributed by atoms with E-state index >= 15 is 0 Å². The molecule has 1 aliphatic heterocycles. The van der Waals surface area contributed by atoms with Crippen LogP contribution in [0.2, 0.25) is 0 Å². The maximum Gasteiger partial charge on any atom is 0.247 e. The fraction of sp³-hybridized carbons (Fsp3) is 0.636. The first kappa shape index (κ1) is 17.8. The number of halogens is 1. The number of nitrogens with one attached hydrogen (secondary N) is 2. The highest BCUT2D eigenvalue weighted by Gasteiger charge is 2.35. The molecule has 1 aromatic rings. The number of hydrogen-bond acceptors (Lipinski definition) is 5. The summed E-state index contributed by atoms with van der Waals surface area (Å²) in [5, 5.41) is 21.3. The van der Waals surface area contributed by atoms with Crippen LogP contribution in [0.4, 0.5) is 5.00 Å². The van der Waals surface area contributed by atoms with Crippen LogP contribution in [0.5, 0.6) is 0 Å². The molecule has 20 heavy (non-hydrogen) atoms. The van der Waals surface area contributed by atoms with Crippen molar-refractivity contribution in [2.45, 2.75) is 43.0 Å². The number of thiophene rings is 1. The average Bonchev–Trinajstić information content (AvgIpc) is 2.78. The van der Waals surface area contributed by atoms with Crippen LogP contribution >= 0.6 is 23.7 Å². The van der Waals surface area contributed by atoms with E-state index in [4.69, 9.17) is 5.14 Å². The summed E-state index contributed by atoms with van der Waals surface area (Å²) in [6.45, 7) is 4.74. The predicted octanol–water partition coefficient (Wildman–Crippen LogP) is 0.664. The van der Waals surface area contributed by atoms with Crippen molar-refractivity contribution in [3.05, 3.63) is 16.8 Å². The second-order valence-corrected chi connectivity index (χ2v) is 7.55. The third kappa shape index (κ3) is 3.33. The minimum atomic E-state index is -3.74. The summed E-state index contributed by atoms with van der Waals surface area (Å²) in [6, 6.07) is 1.55. The first-order valence-corrected chi connectivity index (χ1v) is 8.68. The number of quaternary nitrogens is 1. The summed E-state index contributed by atoms with van der Waals surface area (Å²) >= 11 is 0.997. The maximum atomic E-state index is 12.3. The lowest BCUT2D eigenvalue weighted by molar-refractivity contribution is -0.808. The van der Waals surface area contributed by atoms with Crippen molar-refractivity contribution in [2.24, 2.45) is 5.14 Å². The Labute approximate surface area is 129 Å². The first-order valence-electron chi connectivity index (χ1n) is 6.32. The Balaban J connectivity index is 0.00000200. The summed E-state index contributed by atoms with van der Waals surface area (Å²) in [5.41, 5.74) is 0.783. The normalized spacial score (nSPS) is 25.9. The number of hydrogen-bond donors (Lipinski definition) is 3. The van der Waals surface area contributed by atoms with Crippen molar-refractivity contribution in [3.63, 3.8) is 0 Å². The molecule has 0 aromatic carbocycles. The lowest BCUT2D eigenvalue weighted by Crippen LogP contribution is -3.07. The Morgan fingerprint density at radius 1 is 1.55 bits per heavy atom. The van der Waals surface area contributed by atoms with Gasteiger partial charge in [-0.05, 0) is 19.0 Å². The van der Waals surface area contributed by atoms with Gasteiger partial charge in [0.2, 0.25) is 10.0 Å². The topological polar surface area (TPSA) is 99.7 Å². The second-order valence-electron chi connectivity index (χ2n) is 4.71. The molecule has 0 radical (unpaired) electrons. The van der Waals surface area contributed by atoms with Crippen molar-refractivity contribution in [1.29, 1.82) is 0 Å². The van der Waals surface area contributed by atoms with Gasteiger partial charge in [-0.25, -0.2) is 13.6 Å². The van der Waals surface area contributed by atoms with E-state index in [2.05, 4.69) is 5.32 Å². The fourth-order valence-corrected chi connectivity index (χ4v) is 4.45. The summed E-state index contributed by atoms with van der Waals surface area (Å²) < 4.78 is 22.9.